The van der Waals surface area contributed by atoms with Crippen LogP contribution >= 0.6 is 15.9 Å². The molecule has 0 radical (unpaired) electrons. The highest BCUT2D eigenvalue weighted by Crippen LogP contribution is 2.29. The van der Waals surface area contributed by atoms with E-state index < -0.39 is 0 Å². The lowest BCUT2D eigenvalue weighted by Crippen LogP contribution is -1.98. The molecule has 1 aliphatic rings. The smallest absolute Gasteiger partial charge is 0.123 e. The van der Waals surface area contributed by atoms with Crippen molar-refractivity contribution < 1.29 is 4.74 Å². The van der Waals surface area contributed by atoms with Crippen LogP contribution in [0.5, 0.6) is 5.75 Å². The van der Waals surface area contributed by atoms with Gasteiger partial charge >= 0.3 is 0 Å². The molecule has 2 nitrogen and oxygen atoms in total. The molecule has 0 N–H and O–H groups in total. The van der Waals surface area contributed by atoms with Crippen molar-refractivity contribution >= 4 is 15.9 Å². The molecule has 0 aromatic carbocycles. The number of hydrogen-bond donors (Lipinski definition) is 0. The van der Waals surface area contributed by atoms with Crippen molar-refractivity contribution in [2.45, 2.75) is 12.8 Å². The Bertz CT molecular complexity index is 273. The molecule has 64 valence electrons. The lowest BCUT2D eigenvalue weighted by Gasteiger charge is -2.03. The largest absolute Gasteiger partial charge is 0.493 e. The first kappa shape index (κ1) is 8.05. The van der Waals surface area contributed by atoms with E-state index in [-0.39, 0.29) is 0 Å². The second kappa shape index (κ2) is 3.44. The van der Waals surface area contributed by atoms with E-state index in [4.69, 9.17) is 4.74 Å². The molecule has 1 fully saturated rings. The van der Waals surface area contributed by atoms with Crippen molar-refractivity contribution in [3.05, 3.63) is 22.9 Å². The Balaban J connectivity index is 1.92. The van der Waals surface area contributed by atoms with Gasteiger partial charge < -0.3 is 4.74 Å². The summed E-state index contributed by atoms with van der Waals surface area (Å²) < 4.78 is 6.37. The van der Waals surface area contributed by atoms with Gasteiger partial charge in [-0.3, -0.25) is 0 Å². The minimum Gasteiger partial charge on any atom is -0.493 e. The summed E-state index contributed by atoms with van der Waals surface area (Å²) >= 11 is 3.29. The number of rotatable bonds is 3. The summed E-state index contributed by atoms with van der Waals surface area (Å²) in [6.45, 7) is 0.858. The van der Waals surface area contributed by atoms with E-state index in [1.54, 1.807) is 6.20 Å². The molecule has 12 heavy (non-hydrogen) atoms. The number of halogens is 1. The van der Waals surface area contributed by atoms with Crippen molar-refractivity contribution in [1.82, 2.24) is 4.98 Å². The first-order valence-corrected chi connectivity index (χ1v) is 4.88. The predicted octanol–water partition coefficient (Wildman–Crippen LogP) is 2.63. The zero-order valence-corrected chi connectivity index (χ0v) is 8.25. The van der Waals surface area contributed by atoms with Crippen LogP contribution in [0.15, 0.2) is 22.9 Å². The van der Waals surface area contributed by atoms with E-state index in [2.05, 4.69) is 20.9 Å². The number of hydrogen-bond acceptors (Lipinski definition) is 2. The van der Waals surface area contributed by atoms with E-state index in [9.17, 15) is 0 Å². The molecule has 2 rings (SSSR count). The van der Waals surface area contributed by atoms with E-state index >= 15 is 0 Å². The fourth-order valence-electron chi connectivity index (χ4n) is 0.973. The molecule has 0 aliphatic heterocycles. The minimum atomic E-state index is 0.803. The average Bonchev–Trinajstić information content (AvgIpc) is 2.84. The lowest BCUT2D eigenvalue weighted by molar-refractivity contribution is 0.299. The molecule has 3 heteroatoms. The highest BCUT2D eigenvalue weighted by Gasteiger charge is 2.21. The van der Waals surface area contributed by atoms with Crippen LogP contribution in [0.4, 0.5) is 0 Å². The number of nitrogens with zero attached hydrogens (tertiary/aromatic N) is 1. The van der Waals surface area contributed by atoms with Gasteiger partial charge in [-0.05, 0) is 40.8 Å². The lowest BCUT2D eigenvalue weighted by atomic mass is 10.4. The standard InChI is InChI=1S/C9H10BrNO/c10-9-5-8(3-4-11-9)12-6-7-1-2-7/h3-5,7H,1-2,6H2. The maximum absolute atomic E-state index is 5.54. The monoisotopic (exact) mass is 227 g/mol. The molecule has 1 aromatic rings. The Morgan fingerprint density at radius 1 is 1.58 bits per heavy atom. The van der Waals surface area contributed by atoms with Crippen molar-refractivity contribution in [3.8, 4) is 5.75 Å². The maximum atomic E-state index is 5.54. The summed E-state index contributed by atoms with van der Waals surface area (Å²) in [5, 5.41) is 0. The van der Waals surface area contributed by atoms with Crippen LogP contribution in [0, 0.1) is 5.92 Å². The molecular formula is C9H10BrNO. The Labute approximate surface area is 80.1 Å². The number of aromatic nitrogens is 1. The first-order valence-electron chi connectivity index (χ1n) is 4.09. The summed E-state index contributed by atoms with van der Waals surface area (Å²) in [5.74, 6) is 1.71. The molecule has 0 bridgehead atoms. The zero-order chi connectivity index (χ0) is 8.39. The molecule has 0 atom stereocenters. The van der Waals surface area contributed by atoms with Crippen molar-refractivity contribution in [2.24, 2.45) is 5.92 Å². The van der Waals surface area contributed by atoms with Crippen LogP contribution in [-0.2, 0) is 0 Å². The minimum absolute atomic E-state index is 0.803. The van der Waals surface area contributed by atoms with Crippen molar-refractivity contribution in [3.63, 3.8) is 0 Å². The van der Waals surface area contributed by atoms with Gasteiger partial charge in [-0.25, -0.2) is 4.98 Å². The maximum Gasteiger partial charge on any atom is 0.123 e. The summed E-state index contributed by atoms with van der Waals surface area (Å²) in [6, 6.07) is 3.77. The molecule has 0 amide bonds. The van der Waals surface area contributed by atoms with Gasteiger partial charge in [0, 0.05) is 12.3 Å². The highest BCUT2D eigenvalue weighted by atomic mass is 79.9. The van der Waals surface area contributed by atoms with E-state index in [1.807, 2.05) is 12.1 Å². The van der Waals surface area contributed by atoms with Gasteiger partial charge in [0.05, 0.1) is 6.61 Å². The van der Waals surface area contributed by atoms with Gasteiger partial charge in [0.15, 0.2) is 0 Å². The summed E-state index contributed by atoms with van der Waals surface area (Å²) in [7, 11) is 0. The molecule has 1 heterocycles. The molecular weight excluding hydrogens is 218 g/mol. The summed E-state index contributed by atoms with van der Waals surface area (Å²) in [6.07, 6.45) is 4.39. The topological polar surface area (TPSA) is 22.1 Å². The number of ether oxygens (including phenoxy) is 1. The SMILES string of the molecule is Brc1cc(OCC2CC2)ccn1. The Morgan fingerprint density at radius 2 is 2.42 bits per heavy atom. The van der Waals surface area contributed by atoms with Crippen LogP contribution < -0.4 is 4.74 Å². The summed E-state index contributed by atoms with van der Waals surface area (Å²) in [5.41, 5.74) is 0. The third-order valence-corrected chi connectivity index (χ3v) is 2.31. The first-order chi connectivity index (χ1) is 5.84. The molecule has 0 saturated heterocycles. The Morgan fingerprint density at radius 3 is 3.08 bits per heavy atom. The Kier molecular flexibility index (Phi) is 2.30. The fraction of sp³-hybridized carbons (Fsp3) is 0.444. The van der Waals surface area contributed by atoms with Crippen LogP contribution in [0.2, 0.25) is 0 Å². The second-order valence-corrected chi connectivity index (χ2v) is 3.88. The van der Waals surface area contributed by atoms with Crippen LogP contribution in [0.25, 0.3) is 0 Å². The van der Waals surface area contributed by atoms with Crippen molar-refractivity contribution in [1.29, 1.82) is 0 Å². The third kappa shape index (κ3) is 2.21. The van der Waals surface area contributed by atoms with E-state index in [1.165, 1.54) is 12.8 Å². The zero-order valence-electron chi connectivity index (χ0n) is 6.66. The van der Waals surface area contributed by atoms with Gasteiger partial charge in [-0.2, -0.15) is 0 Å². The average molecular weight is 228 g/mol. The quantitative estimate of drug-likeness (QED) is 0.742. The van der Waals surface area contributed by atoms with Gasteiger partial charge in [0.2, 0.25) is 0 Å². The van der Waals surface area contributed by atoms with E-state index in [0.717, 1.165) is 22.9 Å². The van der Waals surface area contributed by atoms with E-state index in [0.29, 0.717) is 0 Å². The van der Waals surface area contributed by atoms with Crippen LogP contribution in [0.1, 0.15) is 12.8 Å². The molecule has 1 aliphatic carbocycles. The van der Waals surface area contributed by atoms with Gasteiger partial charge in [0.1, 0.15) is 10.4 Å². The van der Waals surface area contributed by atoms with Crippen molar-refractivity contribution in [2.75, 3.05) is 6.61 Å². The van der Waals surface area contributed by atoms with Crippen LogP contribution in [-0.4, -0.2) is 11.6 Å². The molecule has 1 aromatic heterocycles. The van der Waals surface area contributed by atoms with Gasteiger partial charge in [-0.15, -0.1) is 0 Å². The van der Waals surface area contributed by atoms with Gasteiger partial charge in [0.25, 0.3) is 0 Å². The fourth-order valence-corrected chi connectivity index (χ4v) is 1.32. The molecule has 0 spiro atoms. The molecule has 0 unspecified atom stereocenters. The third-order valence-electron chi connectivity index (χ3n) is 1.88. The van der Waals surface area contributed by atoms with Crippen LogP contribution in [0.3, 0.4) is 0 Å². The number of pyridine rings is 1. The highest BCUT2D eigenvalue weighted by molar-refractivity contribution is 9.10. The molecule has 1 saturated carbocycles. The summed E-state index contributed by atoms with van der Waals surface area (Å²) in [4.78, 5) is 4.02. The predicted molar refractivity (Wildman–Crippen MR) is 50.2 cm³/mol. The Hall–Kier alpha value is -0.570. The second-order valence-electron chi connectivity index (χ2n) is 3.07. The van der Waals surface area contributed by atoms with Gasteiger partial charge in [-0.1, -0.05) is 0 Å². The normalized spacial score (nSPS) is 16.1.